The van der Waals surface area contributed by atoms with Gasteiger partial charge in [0.25, 0.3) is 10.0 Å². The van der Waals surface area contributed by atoms with E-state index in [4.69, 9.17) is 10.2 Å². The summed E-state index contributed by atoms with van der Waals surface area (Å²) in [6, 6.07) is 15.3. The Kier molecular flexibility index (Phi) is 9.78. The molecule has 0 spiro atoms. The quantitative estimate of drug-likeness (QED) is 0.207. The predicted octanol–water partition coefficient (Wildman–Crippen LogP) is 5.90. The molecule has 2 aromatic carbocycles. The SMILES string of the molecule is CNc1cn(S(=O)(=O)c2cccnc2)c2cc(-c3cccnc3C(F)(F)F)ccc12.Cl.O=C(O)c1cccc(C(=O)O)c1. The highest BCUT2D eigenvalue weighted by Gasteiger charge is 2.35. The van der Waals surface area contributed by atoms with Crippen LogP contribution in [0.15, 0.2) is 96.4 Å². The fraction of sp³-hybridized carbons (Fsp3) is 0.0714. The molecular formula is C28H22ClF3N4O6S. The number of hydrogen-bond acceptors (Lipinski definition) is 7. The number of carboxylic acid groups (broad SMARTS) is 2. The maximum Gasteiger partial charge on any atom is 0.433 e. The Hall–Kier alpha value is -4.95. The number of carboxylic acids is 2. The Bertz CT molecular complexity index is 1870. The third-order valence-corrected chi connectivity index (χ3v) is 7.63. The number of benzene rings is 2. The van der Waals surface area contributed by atoms with E-state index in [0.29, 0.717) is 11.1 Å². The van der Waals surface area contributed by atoms with Crippen LogP contribution in [-0.4, -0.2) is 51.6 Å². The van der Waals surface area contributed by atoms with Gasteiger partial charge in [0.05, 0.1) is 22.3 Å². The van der Waals surface area contributed by atoms with E-state index in [1.807, 2.05) is 0 Å². The Labute approximate surface area is 248 Å². The van der Waals surface area contributed by atoms with Crippen molar-refractivity contribution in [3.8, 4) is 11.1 Å². The number of anilines is 1. The molecule has 5 aromatic rings. The lowest BCUT2D eigenvalue weighted by Crippen LogP contribution is -2.12. The van der Waals surface area contributed by atoms with E-state index in [-0.39, 0.29) is 45.1 Å². The maximum atomic E-state index is 13.4. The van der Waals surface area contributed by atoms with Gasteiger partial charge in [-0.15, -0.1) is 12.4 Å². The summed E-state index contributed by atoms with van der Waals surface area (Å²) in [5.74, 6) is -2.25. The smallest absolute Gasteiger partial charge is 0.433 e. The van der Waals surface area contributed by atoms with E-state index in [1.54, 1.807) is 13.1 Å². The second kappa shape index (κ2) is 12.9. The van der Waals surface area contributed by atoms with Crippen LogP contribution in [0.5, 0.6) is 0 Å². The van der Waals surface area contributed by atoms with E-state index >= 15 is 0 Å². The Morgan fingerprint density at radius 1 is 0.907 bits per heavy atom. The highest BCUT2D eigenvalue weighted by atomic mass is 35.5. The number of alkyl halides is 3. The minimum Gasteiger partial charge on any atom is -0.478 e. The van der Waals surface area contributed by atoms with E-state index in [1.165, 1.54) is 73.2 Å². The topological polar surface area (TPSA) is 151 Å². The molecule has 0 aliphatic rings. The van der Waals surface area contributed by atoms with E-state index < -0.39 is 33.8 Å². The van der Waals surface area contributed by atoms with Crippen molar-refractivity contribution in [3.63, 3.8) is 0 Å². The number of pyridine rings is 2. The van der Waals surface area contributed by atoms with Crippen molar-refractivity contribution in [2.24, 2.45) is 0 Å². The van der Waals surface area contributed by atoms with Gasteiger partial charge in [-0.2, -0.15) is 13.2 Å². The van der Waals surface area contributed by atoms with Crippen molar-refractivity contribution < 1.29 is 41.4 Å². The summed E-state index contributed by atoms with van der Waals surface area (Å²) in [5.41, 5.74) is -0.254. The zero-order valence-corrected chi connectivity index (χ0v) is 23.6. The summed E-state index contributed by atoms with van der Waals surface area (Å²) < 4.78 is 67.6. The van der Waals surface area contributed by atoms with Gasteiger partial charge >= 0.3 is 18.1 Å². The van der Waals surface area contributed by atoms with E-state index in [2.05, 4.69) is 15.3 Å². The molecule has 15 heteroatoms. The standard InChI is InChI=1S/C20H15F3N4O2S.C8H6O4.ClH/c1-24-17-12-27(30(28,29)14-4-2-8-25-11-14)18-10-13(6-7-16(17)18)15-5-3-9-26-19(15)20(21,22)23;9-7(10)5-2-1-3-6(4-5)8(11)12;/h2-12,24H,1H3;1-4H,(H,9,10)(H,11,12);1H. The molecule has 3 heterocycles. The first kappa shape index (κ1) is 32.6. The summed E-state index contributed by atoms with van der Waals surface area (Å²) in [6.07, 6.45) is 0.480. The summed E-state index contributed by atoms with van der Waals surface area (Å²) in [4.78, 5) is 28.1. The highest BCUT2D eigenvalue weighted by molar-refractivity contribution is 7.90. The lowest BCUT2D eigenvalue weighted by atomic mass is 10.0. The molecule has 43 heavy (non-hydrogen) atoms. The summed E-state index contributed by atoms with van der Waals surface area (Å²) in [7, 11) is -2.38. The second-order valence-electron chi connectivity index (χ2n) is 8.60. The van der Waals surface area contributed by atoms with Gasteiger partial charge in [-0.05, 0) is 48.0 Å². The first-order valence-electron chi connectivity index (χ1n) is 11.9. The third kappa shape index (κ3) is 6.93. The van der Waals surface area contributed by atoms with Crippen molar-refractivity contribution in [1.29, 1.82) is 0 Å². The number of carbonyl (C=O) groups is 2. The first-order chi connectivity index (χ1) is 19.8. The molecule has 0 atom stereocenters. The molecule has 3 N–H and O–H groups in total. The van der Waals surface area contributed by atoms with Crippen LogP contribution in [0.4, 0.5) is 18.9 Å². The number of hydrogen-bond donors (Lipinski definition) is 3. The van der Waals surface area contributed by atoms with Gasteiger partial charge in [0.2, 0.25) is 0 Å². The van der Waals surface area contributed by atoms with Gasteiger partial charge in [0, 0.05) is 42.8 Å². The van der Waals surface area contributed by atoms with Gasteiger partial charge in [-0.3, -0.25) is 9.97 Å². The second-order valence-corrected chi connectivity index (χ2v) is 10.4. The number of fused-ring (bicyclic) bond motifs is 1. The van der Waals surface area contributed by atoms with Gasteiger partial charge in [0.15, 0.2) is 5.69 Å². The van der Waals surface area contributed by atoms with Crippen LogP contribution in [0.2, 0.25) is 0 Å². The average Bonchev–Trinajstić information content (AvgIpc) is 3.36. The lowest BCUT2D eigenvalue weighted by molar-refractivity contribution is -0.140. The zero-order chi connectivity index (χ0) is 30.7. The average molecular weight is 635 g/mol. The number of halogens is 4. The fourth-order valence-electron chi connectivity index (χ4n) is 4.03. The number of nitrogens with one attached hydrogen (secondary N) is 1. The third-order valence-electron chi connectivity index (χ3n) is 5.98. The molecule has 0 amide bonds. The maximum absolute atomic E-state index is 13.4. The van der Waals surface area contributed by atoms with Crippen molar-refractivity contribution in [2.75, 3.05) is 12.4 Å². The van der Waals surface area contributed by atoms with Crippen LogP contribution in [0, 0.1) is 0 Å². The van der Waals surface area contributed by atoms with Crippen LogP contribution in [0.3, 0.4) is 0 Å². The number of nitrogens with zero attached hydrogens (tertiary/aromatic N) is 3. The molecule has 224 valence electrons. The molecule has 0 aliphatic carbocycles. The Morgan fingerprint density at radius 2 is 1.56 bits per heavy atom. The summed E-state index contributed by atoms with van der Waals surface area (Å²) in [5, 5.41) is 20.5. The molecule has 10 nitrogen and oxygen atoms in total. The van der Waals surface area contributed by atoms with Crippen molar-refractivity contribution in [1.82, 2.24) is 13.9 Å². The van der Waals surface area contributed by atoms with Crippen LogP contribution in [0.25, 0.3) is 22.0 Å². The Balaban J connectivity index is 0.000000329. The lowest BCUT2D eigenvalue weighted by Gasteiger charge is -2.12. The Morgan fingerprint density at radius 3 is 2.12 bits per heavy atom. The summed E-state index contributed by atoms with van der Waals surface area (Å²) >= 11 is 0. The molecule has 0 bridgehead atoms. The van der Waals surface area contributed by atoms with Gasteiger partial charge in [0.1, 0.15) is 4.90 Å². The van der Waals surface area contributed by atoms with Gasteiger partial charge in [-0.1, -0.05) is 24.3 Å². The van der Waals surface area contributed by atoms with Crippen molar-refractivity contribution in [3.05, 3.63) is 108 Å². The molecule has 0 saturated heterocycles. The summed E-state index contributed by atoms with van der Waals surface area (Å²) in [6.45, 7) is 0. The van der Waals surface area contributed by atoms with E-state index in [0.717, 1.165) is 16.2 Å². The zero-order valence-electron chi connectivity index (χ0n) is 22.0. The normalized spacial score (nSPS) is 11.2. The van der Waals surface area contributed by atoms with Crippen molar-refractivity contribution in [2.45, 2.75) is 11.1 Å². The van der Waals surface area contributed by atoms with Crippen LogP contribution in [-0.2, 0) is 16.2 Å². The number of aromatic carboxylic acids is 2. The predicted molar refractivity (Wildman–Crippen MR) is 154 cm³/mol. The van der Waals surface area contributed by atoms with Crippen molar-refractivity contribution >= 4 is 51.0 Å². The molecular weight excluding hydrogens is 613 g/mol. The number of aromatic nitrogens is 3. The van der Waals surface area contributed by atoms with Crippen LogP contribution in [0.1, 0.15) is 26.4 Å². The fourth-order valence-corrected chi connectivity index (χ4v) is 5.35. The first-order valence-corrected chi connectivity index (χ1v) is 13.4. The van der Waals surface area contributed by atoms with Gasteiger partial charge < -0.3 is 15.5 Å². The molecule has 0 radical (unpaired) electrons. The van der Waals surface area contributed by atoms with Gasteiger partial charge in [-0.25, -0.2) is 22.0 Å². The minimum absolute atomic E-state index is 0. The molecule has 0 unspecified atom stereocenters. The minimum atomic E-state index is -4.65. The number of rotatable bonds is 6. The molecule has 3 aromatic heterocycles. The molecule has 0 fully saturated rings. The van der Waals surface area contributed by atoms with Crippen LogP contribution >= 0.6 is 12.4 Å². The monoisotopic (exact) mass is 634 g/mol. The molecule has 5 rings (SSSR count). The van der Waals surface area contributed by atoms with Crippen LogP contribution < -0.4 is 5.32 Å². The van der Waals surface area contributed by atoms with E-state index in [9.17, 15) is 31.2 Å². The largest absolute Gasteiger partial charge is 0.478 e. The molecule has 0 aliphatic heterocycles. The highest BCUT2D eigenvalue weighted by Crippen LogP contribution is 2.38. The molecule has 0 saturated carbocycles.